The highest BCUT2D eigenvalue weighted by molar-refractivity contribution is 5.68. The molecule has 2 aromatic rings. The van der Waals surface area contributed by atoms with Crippen LogP contribution in [0, 0.1) is 0 Å². The van der Waals surface area contributed by atoms with Gasteiger partial charge in [0.05, 0.1) is 17.9 Å². The fourth-order valence-corrected chi connectivity index (χ4v) is 2.64. The third kappa shape index (κ3) is 2.76. The number of hydrazine groups is 1. The van der Waals surface area contributed by atoms with Gasteiger partial charge in [-0.2, -0.15) is 5.10 Å². The highest BCUT2D eigenvalue weighted by atomic mass is 15.3. The fraction of sp³-hybridized carbons (Fsp3) is 0.385. The highest BCUT2D eigenvalue weighted by Crippen LogP contribution is 2.25. The van der Waals surface area contributed by atoms with Gasteiger partial charge in [0.25, 0.3) is 0 Å². The van der Waals surface area contributed by atoms with Crippen molar-refractivity contribution in [3.63, 3.8) is 0 Å². The molecule has 2 aromatic heterocycles. The zero-order valence-corrected chi connectivity index (χ0v) is 11.7. The lowest BCUT2D eigenvalue weighted by molar-refractivity contribution is 0.490. The molecule has 1 aliphatic rings. The van der Waals surface area contributed by atoms with Gasteiger partial charge in [0.1, 0.15) is 5.82 Å². The molecule has 0 aromatic carbocycles. The van der Waals surface area contributed by atoms with Crippen molar-refractivity contribution in [2.24, 2.45) is 5.84 Å². The predicted octanol–water partition coefficient (Wildman–Crippen LogP) is -0.147. The number of hydrogen-bond donors (Lipinski definition) is 5. The van der Waals surface area contributed by atoms with E-state index >= 15 is 0 Å². The van der Waals surface area contributed by atoms with E-state index in [9.17, 15) is 0 Å². The van der Waals surface area contributed by atoms with Crippen LogP contribution in [0.25, 0.3) is 0 Å². The van der Waals surface area contributed by atoms with Crippen molar-refractivity contribution in [2.45, 2.75) is 18.9 Å². The van der Waals surface area contributed by atoms with Gasteiger partial charge in [-0.3, -0.25) is 4.68 Å². The highest BCUT2D eigenvalue weighted by Gasteiger charge is 2.17. The summed E-state index contributed by atoms with van der Waals surface area (Å²) >= 11 is 0. The molecule has 1 atom stereocenters. The van der Waals surface area contributed by atoms with Gasteiger partial charge in [0, 0.05) is 19.2 Å². The Morgan fingerprint density at radius 2 is 2.29 bits per heavy atom. The molecule has 0 radical (unpaired) electrons. The lowest BCUT2D eigenvalue weighted by Gasteiger charge is -2.10. The number of rotatable bonds is 4. The molecule has 8 N–H and O–H groups in total. The molecule has 1 aliphatic heterocycles. The van der Waals surface area contributed by atoms with Crippen molar-refractivity contribution in [3.8, 4) is 0 Å². The number of pyridine rings is 1. The number of nitrogens with two attached hydrogens (primary N) is 3. The Hall–Kier alpha value is -2.32. The molecule has 1 unspecified atom stereocenters. The third-order valence-electron chi connectivity index (χ3n) is 3.76. The lowest BCUT2D eigenvalue weighted by atomic mass is 10.1. The first kappa shape index (κ1) is 13.7. The van der Waals surface area contributed by atoms with E-state index in [2.05, 4.69) is 27.0 Å². The first-order valence-electron chi connectivity index (χ1n) is 6.92. The van der Waals surface area contributed by atoms with Crippen LogP contribution in [-0.2, 0) is 6.42 Å². The fourth-order valence-electron chi connectivity index (χ4n) is 2.64. The summed E-state index contributed by atoms with van der Waals surface area (Å²) in [6.07, 6.45) is 5.67. The van der Waals surface area contributed by atoms with Crippen molar-refractivity contribution in [3.05, 3.63) is 29.6 Å². The lowest BCUT2D eigenvalue weighted by Crippen LogP contribution is -2.14. The summed E-state index contributed by atoms with van der Waals surface area (Å²) < 4.78 is 2.01. The molecule has 21 heavy (non-hydrogen) atoms. The maximum atomic E-state index is 6.04. The van der Waals surface area contributed by atoms with E-state index in [-0.39, 0.29) is 0 Å². The molecule has 8 nitrogen and oxygen atoms in total. The van der Waals surface area contributed by atoms with Crippen LogP contribution in [0.4, 0.5) is 17.3 Å². The third-order valence-corrected chi connectivity index (χ3v) is 3.76. The van der Waals surface area contributed by atoms with E-state index < -0.39 is 0 Å². The van der Waals surface area contributed by atoms with Crippen LogP contribution in [0.2, 0.25) is 0 Å². The zero-order valence-electron chi connectivity index (χ0n) is 11.7. The smallest absolute Gasteiger partial charge is 0.165 e. The Labute approximate surface area is 122 Å². The van der Waals surface area contributed by atoms with Crippen molar-refractivity contribution in [1.82, 2.24) is 20.1 Å². The van der Waals surface area contributed by atoms with Gasteiger partial charge >= 0.3 is 0 Å². The molecule has 1 saturated heterocycles. The molecular formula is C13H20N8. The molecule has 0 aliphatic carbocycles. The Kier molecular flexibility index (Phi) is 3.63. The second-order valence-corrected chi connectivity index (χ2v) is 5.26. The van der Waals surface area contributed by atoms with Crippen molar-refractivity contribution >= 4 is 17.3 Å². The van der Waals surface area contributed by atoms with Crippen LogP contribution in [0.15, 0.2) is 18.5 Å². The Morgan fingerprint density at radius 3 is 3.00 bits per heavy atom. The van der Waals surface area contributed by atoms with Crippen LogP contribution < -0.4 is 28.1 Å². The SMILES string of the molecule is NNc1nc(N)cc(Cc2cnn(C3CCNC3)c2)c1N. The molecule has 3 heterocycles. The molecule has 112 valence electrons. The molecule has 0 bridgehead atoms. The van der Waals surface area contributed by atoms with E-state index in [1.807, 2.05) is 10.9 Å². The van der Waals surface area contributed by atoms with E-state index in [1.54, 1.807) is 6.07 Å². The minimum absolute atomic E-state index is 0.388. The topological polar surface area (TPSA) is 133 Å². The predicted molar refractivity (Wildman–Crippen MR) is 82.4 cm³/mol. The number of nitrogens with one attached hydrogen (secondary N) is 2. The molecule has 1 fully saturated rings. The first-order chi connectivity index (χ1) is 10.2. The van der Waals surface area contributed by atoms with Gasteiger partial charge in [-0.1, -0.05) is 0 Å². The normalized spacial score (nSPS) is 18.0. The van der Waals surface area contributed by atoms with Gasteiger partial charge < -0.3 is 22.2 Å². The number of hydrogen-bond acceptors (Lipinski definition) is 7. The minimum Gasteiger partial charge on any atom is -0.395 e. The Bertz CT molecular complexity index is 629. The second kappa shape index (κ2) is 5.58. The number of nitrogens with zero attached hydrogens (tertiary/aromatic N) is 3. The number of anilines is 3. The average Bonchev–Trinajstić information content (AvgIpc) is 3.13. The quantitative estimate of drug-likeness (QED) is 0.390. The summed E-state index contributed by atoms with van der Waals surface area (Å²) in [5, 5.41) is 7.77. The Balaban J connectivity index is 1.82. The van der Waals surface area contributed by atoms with E-state index in [0.29, 0.717) is 29.8 Å². The van der Waals surface area contributed by atoms with Gasteiger partial charge in [0.2, 0.25) is 0 Å². The largest absolute Gasteiger partial charge is 0.395 e. The van der Waals surface area contributed by atoms with E-state index in [4.69, 9.17) is 17.3 Å². The maximum absolute atomic E-state index is 6.04. The van der Waals surface area contributed by atoms with Crippen LogP contribution in [0.5, 0.6) is 0 Å². The van der Waals surface area contributed by atoms with Crippen molar-refractivity contribution in [1.29, 1.82) is 0 Å². The first-order valence-corrected chi connectivity index (χ1v) is 6.92. The summed E-state index contributed by atoms with van der Waals surface area (Å²) in [6.45, 7) is 2.01. The van der Waals surface area contributed by atoms with Gasteiger partial charge in [-0.05, 0) is 30.2 Å². The van der Waals surface area contributed by atoms with Crippen LogP contribution >= 0.6 is 0 Å². The summed E-state index contributed by atoms with van der Waals surface area (Å²) in [5.74, 6) is 6.19. The summed E-state index contributed by atoms with van der Waals surface area (Å²) in [4.78, 5) is 4.05. The van der Waals surface area contributed by atoms with Crippen molar-refractivity contribution in [2.75, 3.05) is 30.0 Å². The molecule has 0 saturated carbocycles. The van der Waals surface area contributed by atoms with Crippen LogP contribution in [0.1, 0.15) is 23.6 Å². The summed E-state index contributed by atoms with van der Waals surface area (Å²) in [7, 11) is 0. The molecule has 3 rings (SSSR count). The zero-order chi connectivity index (χ0) is 14.8. The second-order valence-electron chi connectivity index (χ2n) is 5.26. The van der Waals surface area contributed by atoms with Crippen LogP contribution in [0.3, 0.4) is 0 Å². The summed E-state index contributed by atoms with van der Waals surface area (Å²) in [5.41, 5.74) is 16.8. The Morgan fingerprint density at radius 1 is 1.43 bits per heavy atom. The number of aromatic nitrogens is 3. The number of nitrogen functional groups attached to an aromatic ring is 3. The average molecular weight is 288 g/mol. The van der Waals surface area contributed by atoms with Gasteiger partial charge in [0.15, 0.2) is 5.82 Å². The minimum atomic E-state index is 0.388. The maximum Gasteiger partial charge on any atom is 0.165 e. The van der Waals surface area contributed by atoms with Gasteiger partial charge in [-0.25, -0.2) is 10.8 Å². The van der Waals surface area contributed by atoms with E-state index in [1.165, 1.54) is 0 Å². The molecule has 8 heteroatoms. The summed E-state index contributed by atoms with van der Waals surface area (Å²) in [6, 6.07) is 2.20. The van der Waals surface area contributed by atoms with Crippen LogP contribution in [-0.4, -0.2) is 27.9 Å². The standard InChI is InChI=1S/C13H20N8/c14-11-4-9(12(15)13(19-11)20-16)3-8-5-18-21(7-8)10-1-2-17-6-10/h4-5,7,10,17H,1-3,6,15-16H2,(H3,14,19,20). The van der Waals surface area contributed by atoms with E-state index in [0.717, 1.165) is 30.6 Å². The molecular weight excluding hydrogens is 268 g/mol. The monoisotopic (exact) mass is 288 g/mol. The van der Waals surface area contributed by atoms with Gasteiger partial charge in [-0.15, -0.1) is 0 Å². The molecule has 0 amide bonds. The van der Waals surface area contributed by atoms with Crippen molar-refractivity contribution < 1.29 is 0 Å². The molecule has 0 spiro atoms.